The van der Waals surface area contributed by atoms with Gasteiger partial charge in [0, 0.05) is 0 Å². The van der Waals surface area contributed by atoms with E-state index < -0.39 is 18.3 Å². The van der Waals surface area contributed by atoms with Crippen LogP contribution in [-0.4, -0.2) is 31.4 Å². The zero-order valence-electron chi connectivity index (χ0n) is 12.9. The van der Waals surface area contributed by atoms with Crippen molar-refractivity contribution < 1.29 is 18.8 Å². The van der Waals surface area contributed by atoms with Crippen LogP contribution in [0.25, 0.3) is 0 Å². The minimum atomic E-state index is -0.555. The molecule has 0 radical (unpaired) electrons. The number of hydrogen-bond acceptors (Lipinski definition) is 4. The highest BCUT2D eigenvalue weighted by Gasteiger charge is 2.53. The van der Waals surface area contributed by atoms with Gasteiger partial charge in [0.25, 0.3) is 0 Å². The molecule has 0 unspecified atom stereocenters. The van der Waals surface area contributed by atoms with Crippen molar-refractivity contribution in [2.24, 2.45) is 0 Å². The number of carbonyl (C=O) groups excluding carboxylic acids is 1. The van der Waals surface area contributed by atoms with E-state index in [0.29, 0.717) is 11.0 Å². The Bertz CT molecular complexity index is 405. The Morgan fingerprint density at radius 3 is 1.84 bits per heavy atom. The summed E-state index contributed by atoms with van der Waals surface area (Å²) in [5.74, 6) is -0.384. The second-order valence-corrected chi connectivity index (χ2v) is 5.53. The highest BCUT2D eigenvalue weighted by Crippen LogP contribution is 2.39. The molecule has 0 aromatic rings. The molecule has 0 N–H and O–H groups in total. The van der Waals surface area contributed by atoms with E-state index in [1.165, 1.54) is 7.11 Å². The maximum atomic E-state index is 11.8. The van der Waals surface area contributed by atoms with Gasteiger partial charge < -0.3 is 14.0 Å². The Morgan fingerprint density at radius 2 is 1.53 bits per heavy atom. The fourth-order valence-corrected chi connectivity index (χ4v) is 1.90. The molecule has 1 saturated heterocycles. The van der Waals surface area contributed by atoms with Crippen molar-refractivity contribution in [2.45, 2.75) is 52.7 Å². The van der Waals surface area contributed by atoms with Gasteiger partial charge in [-0.25, -0.2) is 4.79 Å². The van der Waals surface area contributed by atoms with Crippen LogP contribution in [0, 0.1) is 0 Å². The molecule has 0 aliphatic carbocycles. The van der Waals surface area contributed by atoms with Gasteiger partial charge in [-0.3, -0.25) is 0 Å². The zero-order valence-corrected chi connectivity index (χ0v) is 12.9. The third-order valence-electron chi connectivity index (χ3n) is 3.82. The predicted octanol–water partition coefficient (Wildman–Crippen LogP) is 2.68. The van der Waals surface area contributed by atoms with E-state index in [9.17, 15) is 4.79 Å². The first-order valence-electron chi connectivity index (χ1n) is 6.47. The molecule has 0 aromatic carbocycles. The normalized spacial score (nSPS) is 22.6. The van der Waals surface area contributed by atoms with Crippen LogP contribution in [-0.2, 0) is 18.8 Å². The highest BCUT2D eigenvalue weighted by atomic mass is 16.7. The van der Waals surface area contributed by atoms with E-state index >= 15 is 0 Å². The lowest BCUT2D eigenvalue weighted by molar-refractivity contribution is -0.135. The summed E-state index contributed by atoms with van der Waals surface area (Å²) < 4.78 is 16.7. The minimum absolute atomic E-state index is 0.384. The zero-order chi connectivity index (χ0) is 14.8. The molecule has 1 aliphatic heterocycles. The molecule has 0 bridgehead atoms. The number of carbonyl (C=O) groups is 1. The molecule has 106 valence electrons. The van der Waals surface area contributed by atoms with Gasteiger partial charge in [0.05, 0.1) is 23.9 Å². The molecule has 4 nitrogen and oxygen atoms in total. The van der Waals surface area contributed by atoms with Gasteiger partial charge >= 0.3 is 13.1 Å². The lowest BCUT2D eigenvalue weighted by atomic mass is 9.73. The lowest BCUT2D eigenvalue weighted by Crippen LogP contribution is -2.41. The molecule has 1 fully saturated rings. The molecule has 0 saturated carbocycles. The fraction of sp³-hybridized carbons (Fsp3) is 0.643. The lowest BCUT2D eigenvalue weighted by Gasteiger charge is -2.32. The van der Waals surface area contributed by atoms with E-state index in [1.54, 1.807) is 13.0 Å². The number of rotatable bonds is 3. The average Bonchev–Trinajstić information content (AvgIpc) is 2.53. The maximum absolute atomic E-state index is 11.8. The molecule has 19 heavy (non-hydrogen) atoms. The number of ether oxygens (including phenoxy) is 1. The molecule has 0 aromatic heterocycles. The summed E-state index contributed by atoms with van der Waals surface area (Å²) in [7, 11) is 0.809. The van der Waals surface area contributed by atoms with E-state index in [-0.39, 0.29) is 5.97 Å². The van der Waals surface area contributed by atoms with Gasteiger partial charge in [-0.05, 0) is 47.0 Å². The van der Waals surface area contributed by atoms with Gasteiger partial charge in [0.2, 0.25) is 0 Å². The summed E-state index contributed by atoms with van der Waals surface area (Å²) in [6, 6.07) is 0. The van der Waals surface area contributed by atoms with Crippen LogP contribution < -0.4 is 0 Å². The van der Waals surface area contributed by atoms with Gasteiger partial charge in [-0.2, -0.15) is 0 Å². The monoisotopic (exact) mass is 266 g/mol. The van der Waals surface area contributed by atoms with Crippen LogP contribution in [0.4, 0.5) is 0 Å². The standard InChI is InChI=1S/C14H23BO4/c1-8-10(12(16)17-7)11(9-2)15-18-13(3,4)14(5,6)19-15/h8-9H,1-7H3/b10-8+,11-9+. The van der Waals surface area contributed by atoms with Crippen molar-refractivity contribution in [1.82, 2.24) is 0 Å². The van der Waals surface area contributed by atoms with E-state index in [4.69, 9.17) is 14.0 Å². The van der Waals surface area contributed by atoms with Crippen LogP contribution in [0.1, 0.15) is 41.5 Å². The van der Waals surface area contributed by atoms with Crippen LogP contribution >= 0.6 is 0 Å². The average molecular weight is 266 g/mol. The maximum Gasteiger partial charge on any atom is 0.495 e. The molecule has 0 atom stereocenters. The van der Waals surface area contributed by atoms with Gasteiger partial charge in [0.15, 0.2) is 0 Å². The van der Waals surface area contributed by atoms with Crippen molar-refractivity contribution in [3.8, 4) is 0 Å². The third-order valence-corrected chi connectivity index (χ3v) is 3.82. The van der Waals surface area contributed by atoms with Crippen LogP contribution in [0.3, 0.4) is 0 Å². The Balaban J connectivity index is 3.06. The second kappa shape index (κ2) is 5.51. The van der Waals surface area contributed by atoms with Crippen molar-refractivity contribution in [3.63, 3.8) is 0 Å². The Morgan fingerprint density at radius 1 is 1.05 bits per heavy atom. The minimum Gasteiger partial charge on any atom is -0.465 e. The Hall–Kier alpha value is -1.07. The summed E-state index contributed by atoms with van der Waals surface area (Å²) >= 11 is 0. The molecular weight excluding hydrogens is 243 g/mol. The molecular formula is C14H23BO4. The van der Waals surface area contributed by atoms with E-state index in [2.05, 4.69) is 0 Å². The molecule has 0 spiro atoms. The first kappa shape index (κ1) is 16.0. The molecule has 5 heteroatoms. The number of allylic oxidation sites excluding steroid dienone is 2. The molecule has 1 aliphatic rings. The van der Waals surface area contributed by atoms with Crippen molar-refractivity contribution >= 4 is 13.1 Å². The topological polar surface area (TPSA) is 44.8 Å². The van der Waals surface area contributed by atoms with Crippen LogP contribution in [0.15, 0.2) is 23.2 Å². The molecule has 0 amide bonds. The molecule has 1 heterocycles. The van der Waals surface area contributed by atoms with Crippen molar-refractivity contribution in [2.75, 3.05) is 7.11 Å². The van der Waals surface area contributed by atoms with E-state index in [1.807, 2.05) is 40.7 Å². The van der Waals surface area contributed by atoms with Crippen molar-refractivity contribution in [3.05, 3.63) is 23.2 Å². The number of esters is 1. The van der Waals surface area contributed by atoms with Gasteiger partial charge in [-0.1, -0.05) is 12.2 Å². The quantitative estimate of drug-likeness (QED) is 0.341. The second-order valence-electron chi connectivity index (χ2n) is 5.53. The summed E-state index contributed by atoms with van der Waals surface area (Å²) in [5, 5.41) is 0. The number of methoxy groups -OCH3 is 1. The predicted molar refractivity (Wildman–Crippen MR) is 75.6 cm³/mol. The first-order chi connectivity index (χ1) is 8.70. The van der Waals surface area contributed by atoms with E-state index in [0.717, 1.165) is 0 Å². The summed E-state index contributed by atoms with van der Waals surface area (Å²) in [6.45, 7) is 11.6. The van der Waals surface area contributed by atoms with Crippen molar-refractivity contribution in [1.29, 1.82) is 0 Å². The Kier molecular flexibility index (Phi) is 4.64. The van der Waals surface area contributed by atoms with Gasteiger partial charge in [0.1, 0.15) is 0 Å². The fourth-order valence-electron chi connectivity index (χ4n) is 1.90. The summed E-state index contributed by atoms with van der Waals surface area (Å²) in [5.41, 5.74) is 0.318. The summed E-state index contributed by atoms with van der Waals surface area (Å²) in [6.07, 6.45) is 3.54. The largest absolute Gasteiger partial charge is 0.495 e. The molecule has 1 rings (SSSR count). The summed E-state index contributed by atoms with van der Waals surface area (Å²) in [4.78, 5) is 11.8. The van der Waals surface area contributed by atoms with Crippen LogP contribution in [0.5, 0.6) is 0 Å². The first-order valence-corrected chi connectivity index (χ1v) is 6.47. The smallest absolute Gasteiger partial charge is 0.465 e. The van der Waals surface area contributed by atoms with Crippen LogP contribution in [0.2, 0.25) is 0 Å². The van der Waals surface area contributed by atoms with Gasteiger partial charge in [-0.15, -0.1) is 0 Å². The highest BCUT2D eigenvalue weighted by molar-refractivity contribution is 6.57. The SMILES string of the molecule is C/C=C(B1OC(C)(C)C(C)(C)O1)\C(=C/C)C(=O)OC. The Labute approximate surface area is 115 Å². The number of hydrogen-bond donors (Lipinski definition) is 0. The third kappa shape index (κ3) is 2.93.